The van der Waals surface area contributed by atoms with Gasteiger partial charge in [-0.1, -0.05) is 42.5 Å². The summed E-state index contributed by atoms with van der Waals surface area (Å²) < 4.78 is 21.0. The van der Waals surface area contributed by atoms with Gasteiger partial charge in [-0.25, -0.2) is 9.37 Å². The third kappa shape index (κ3) is 6.25. The number of piperidine rings is 1. The fraction of sp³-hybridized carbons (Fsp3) is 0.455. The van der Waals surface area contributed by atoms with Crippen molar-refractivity contribution in [2.24, 2.45) is 5.41 Å². The Morgan fingerprint density at radius 3 is 2.38 bits per heavy atom. The molecular weight excluding hydrogens is 533 g/mol. The maximum absolute atomic E-state index is 14.6. The molecule has 0 atom stereocenters. The number of hydrogen-bond acceptors (Lipinski definition) is 6. The zero-order chi connectivity index (χ0) is 29.0. The number of aromatic nitrogens is 2. The van der Waals surface area contributed by atoms with Gasteiger partial charge in [0, 0.05) is 57.1 Å². The van der Waals surface area contributed by atoms with Gasteiger partial charge in [-0.3, -0.25) is 14.6 Å². The summed E-state index contributed by atoms with van der Waals surface area (Å²) in [6.07, 6.45) is 9.03. The van der Waals surface area contributed by atoms with E-state index in [9.17, 15) is 14.0 Å². The van der Waals surface area contributed by atoms with Crippen molar-refractivity contribution >= 4 is 17.6 Å². The van der Waals surface area contributed by atoms with Crippen LogP contribution in [0.1, 0.15) is 54.4 Å². The molecule has 42 heavy (non-hydrogen) atoms. The first kappa shape index (κ1) is 28.1. The standard InChI is InChI=1S/C33H38FN5O3/c34-33(12-13-33)31(41)38-19-14-32(15-20-38)11-6-18-37(29-23-35-16-17-36-29)21-22-39(24-26-7-2-1-3-8-26)30(40)27-9-4-5-10-28(27)42-25-32/h1-5,7-10,16-17,23H,6,11-15,18-22,24-25H2. The highest BCUT2D eigenvalue weighted by Gasteiger charge is 2.53. The molecule has 1 aromatic heterocycles. The minimum absolute atomic E-state index is 0.0834. The van der Waals surface area contributed by atoms with E-state index in [1.165, 1.54) is 0 Å². The Bertz CT molecular complexity index is 1380. The van der Waals surface area contributed by atoms with Crippen LogP contribution < -0.4 is 9.64 Å². The van der Waals surface area contributed by atoms with Gasteiger partial charge < -0.3 is 19.4 Å². The number of carbonyl (C=O) groups excluding carboxylic acids is 2. The van der Waals surface area contributed by atoms with E-state index in [0.29, 0.717) is 63.5 Å². The van der Waals surface area contributed by atoms with Crippen molar-refractivity contribution in [1.82, 2.24) is 19.8 Å². The summed E-state index contributed by atoms with van der Waals surface area (Å²) in [7, 11) is 0. The molecule has 0 bridgehead atoms. The second-order valence-corrected chi connectivity index (χ2v) is 11.9. The molecule has 0 unspecified atom stereocenters. The average molecular weight is 572 g/mol. The summed E-state index contributed by atoms with van der Waals surface area (Å²) in [6, 6.07) is 17.5. The maximum Gasteiger partial charge on any atom is 0.260 e. The minimum Gasteiger partial charge on any atom is -0.492 e. The molecule has 220 valence electrons. The Morgan fingerprint density at radius 1 is 0.881 bits per heavy atom. The third-order valence-electron chi connectivity index (χ3n) is 8.99. The molecule has 1 saturated carbocycles. The highest BCUT2D eigenvalue weighted by atomic mass is 19.1. The number of para-hydroxylation sites is 1. The van der Waals surface area contributed by atoms with E-state index in [2.05, 4.69) is 14.9 Å². The monoisotopic (exact) mass is 571 g/mol. The van der Waals surface area contributed by atoms with Gasteiger partial charge >= 0.3 is 0 Å². The van der Waals surface area contributed by atoms with Gasteiger partial charge in [0.15, 0.2) is 5.67 Å². The summed E-state index contributed by atoms with van der Waals surface area (Å²) in [5, 5.41) is 0. The van der Waals surface area contributed by atoms with Crippen LogP contribution in [0, 0.1) is 5.41 Å². The number of hydrogen-bond donors (Lipinski definition) is 0. The van der Waals surface area contributed by atoms with Crippen molar-refractivity contribution in [2.75, 3.05) is 44.2 Å². The van der Waals surface area contributed by atoms with Crippen LogP contribution in [0.5, 0.6) is 5.75 Å². The molecule has 2 fully saturated rings. The van der Waals surface area contributed by atoms with Crippen LogP contribution in [0.15, 0.2) is 73.2 Å². The van der Waals surface area contributed by atoms with E-state index in [-0.39, 0.29) is 17.2 Å². The van der Waals surface area contributed by atoms with E-state index in [0.717, 1.165) is 43.6 Å². The maximum atomic E-state index is 14.6. The van der Waals surface area contributed by atoms with Gasteiger partial charge in [-0.15, -0.1) is 0 Å². The SMILES string of the molecule is O=C1c2ccccc2OCC2(CCCN(c3cnccn3)CCN1Cc1ccccc1)CCN(C(=O)C1(F)CC1)CC2. The van der Waals surface area contributed by atoms with E-state index in [4.69, 9.17) is 4.74 Å². The van der Waals surface area contributed by atoms with Crippen LogP contribution in [-0.2, 0) is 11.3 Å². The number of likely N-dealkylation sites (tertiary alicyclic amines) is 1. The van der Waals surface area contributed by atoms with Crippen molar-refractivity contribution in [3.63, 3.8) is 0 Å². The number of nitrogens with zero attached hydrogens (tertiary/aromatic N) is 5. The lowest BCUT2D eigenvalue weighted by Crippen LogP contribution is -2.48. The molecular formula is C33H38FN5O3. The Hall–Kier alpha value is -4.01. The molecule has 6 rings (SSSR count). The average Bonchev–Trinajstić information content (AvgIpc) is 3.79. The number of carbonyl (C=O) groups is 2. The van der Waals surface area contributed by atoms with Gasteiger partial charge in [0.2, 0.25) is 0 Å². The number of anilines is 1. The number of benzene rings is 2. The topological polar surface area (TPSA) is 78.9 Å². The minimum atomic E-state index is -1.64. The van der Waals surface area contributed by atoms with Gasteiger partial charge in [0.25, 0.3) is 11.8 Å². The molecule has 0 radical (unpaired) electrons. The highest BCUT2D eigenvalue weighted by Crippen LogP contribution is 2.44. The predicted molar refractivity (Wildman–Crippen MR) is 158 cm³/mol. The molecule has 1 saturated heterocycles. The van der Waals surface area contributed by atoms with Gasteiger partial charge in [-0.05, 0) is 56.2 Å². The fourth-order valence-electron chi connectivity index (χ4n) is 6.17. The number of fused-ring (bicyclic) bond motifs is 1. The fourth-order valence-corrected chi connectivity index (χ4v) is 6.17. The van der Waals surface area contributed by atoms with Gasteiger partial charge in [-0.2, -0.15) is 0 Å². The Labute approximate surface area is 246 Å². The number of amides is 2. The molecule has 8 nitrogen and oxygen atoms in total. The van der Waals surface area contributed by atoms with Crippen LogP contribution in [0.25, 0.3) is 0 Å². The summed E-state index contributed by atoms with van der Waals surface area (Å²) in [5.41, 5.74) is -0.240. The molecule has 0 N–H and O–H groups in total. The van der Waals surface area contributed by atoms with Crippen LogP contribution in [0.2, 0.25) is 0 Å². The molecule has 2 aliphatic heterocycles. The lowest BCUT2D eigenvalue weighted by atomic mass is 9.75. The number of ether oxygens (including phenoxy) is 1. The Morgan fingerprint density at radius 2 is 1.64 bits per heavy atom. The molecule has 2 amide bonds. The number of halogens is 1. The van der Waals surface area contributed by atoms with Crippen LogP contribution in [-0.4, -0.2) is 76.6 Å². The lowest BCUT2D eigenvalue weighted by molar-refractivity contribution is -0.141. The lowest BCUT2D eigenvalue weighted by Gasteiger charge is -2.42. The second-order valence-electron chi connectivity index (χ2n) is 11.9. The number of rotatable bonds is 4. The molecule has 9 heteroatoms. The Balaban J connectivity index is 1.28. The van der Waals surface area contributed by atoms with E-state index in [1.54, 1.807) is 23.5 Å². The number of alkyl halides is 1. The van der Waals surface area contributed by atoms with Crippen molar-refractivity contribution in [3.05, 3.63) is 84.3 Å². The zero-order valence-corrected chi connectivity index (χ0v) is 24.0. The third-order valence-corrected chi connectivity index (χ3v) is 8.99. The molecule has 3 aromatic rings. The first-order valence-corrected chi connectivity index (χ1v) is 15.0. The van der Waals surface area contributed by atoms with Crippen molar-refractivity contribution in [2.45, 2.75) is 50.7 Å². The Kier molecular flexibility index (Phi) is 8.09. The molecule has 3 aliphatic rings. The largest absolute Gasteiger partial charge is 0.492 e. The van der Waals surface area contributed by atoms with Crippen LogP contribution in [0.3, 0.4) is 0 Å². The smallest absolute Gasteiger partial charge is 0.260 e. The van der Waals surface area contributed by atoms with Crippen molar-refractivity contribution in [1.29, 1.82) is 0 Å². The summed E-state index contributed by atoms with van der Waals surface area (Å²) in [6.45, 7) is 3.81. The van der Waals surface area contributed by atoms with Crippen LogP contribution in [0.4, 0.5) is 10.2 Å². The molecule has 3 heterocycles. The zero-order valence-electron chi connectivity index (χ0n) is 24.0. The normalized spacial score (nSPS) is 20.5. The van der Waals surface area contributed by atoms with E-state index >= 15 is 0 Å². The van der Waals surface area contributed by atoms with Crippen LogP contribution >= 0.6 is 0 Å². The van der Waals surface area contributed by atoms with E-state index < -0.39 is 5.67 Å². The first-order chi connectivity index (χ1) is 20.4. The summed E-state index contributed by atoms with van der Waals surface area (Å²) in [5.74, 6) is 0.915. The highest BCUT2D eigenvalue weighted by molar-refractivity contribution is 5.97. The van der Waals surface area contributed by atoms with E-state index in [1.807, 2.05) is 59.5 Å². The molecule has 2 aromatic carbocycles. The first-order valence-electron chi connectivity index (χ1n) is 15.0. The van der Waals surface area contributed by atoms with Crippen molar-refractivity contribution < 1.29 is 18.7 Å². The van der Waals surface area contributed by atoms with Gasteiger partial charge in [0.05, 0.1) is 18.4 Å². The second kappa shape index (κ2) is 12.1. The molecule has 1 aliphatic carbocycles. The van der Waals surface area contributed by atoms with Crippen molar-refractivity contribution in [3.8, 4) is 5.75 Å². The quantitative estimate of drug-likeness (QED) is 0.443. The molecule has 1 spiro atoms. The summed E-state index contributed by atoms with van der Waals surface area (Å²) in [4.78, 5) is 41.5. The predicted octanol–water partition coefficient (Wildman–Crippen LogP) is 4.91. The summed E-state index contributed by atoms with van der Waals surface area (Å²) >= 11 is 0. The van der Waals surface area contributed by atoms with Gasteiger partial charge in [0.1, 0.15) is 11.6 Å².